The maximum Gasteiger partial charge on any atom is 0.408 e. The van der Waals surface area contributed by atoms with Crippen molar-refractivity contribution >= 4 is 18.0 Å². The van der Waals surface area contributed by atoms with Gasteiger partial charge in [-0.2, -0.15) is 0 Å². The molecule has 8 heteroatoms. The maximum atomic E-state index is 13.2. The molecule has 3 unspecified atom stereocenters. The van der Waals surface area contributed by atoms with E-state index in [1.807, 2.05) is 36.4 Å². The van der Waals surface area contributed by atoms with E-state index in [9.17, 15) is 19.5 Å². The molecule has 0 heterocycles. The predicted molar refractivity (Wildman–Crippen MR) is 130 cm³/mol. The number of fused-ring (bicyclic) bond motifs is 3. The Labute approximate surface area is 205 Å². The van der Waals surface area contributed by atoms with Crippen LogP contribution in [0.5, 0.6) is 0 Å². The molecule has 0 saturated heterocycles. The molecule has 2 amide bonds. The highest BCUT2D eigenvalue weighted by molar-refractivity contribution is 5.90. The number of hydrogen-bond acceptors (Lipinski definition) is 5. The van der Waals surface area contributed by atoms with Crippen molar-refractivity contribution < 1.29 is 29.0 Å². The van der Waals surface area contributed by atoms with Crippen LogP contribution in [-0.4, -0.2) is 55.0 Å². The molecule has 3 atom stereocenters. The summed E-state index contributed by atoms with van der Waals surface area (Å²) >= 11 is 0. The topological polar surface area (TPSA) is 114 Å². The van der Waals surface area contributed by atoms with E-state index in [1.54, 1.807) is 6.92 Å². The zero-order valence-corrected chi connectivity index (χ0v) is 20.1. The summed E-state index contributed by atoms with van der Waals surface area (Å²) in [5.74, 6) is -1.80. The fourth-order valence-electron chi connectivity index (χ4n) is 5.25. The van der Waals surface area contributed by atoms with Crippen molar-refractivity contribution in [2.45, 2.75) is 50.1 Å². The molecule has 0 aromatic heterocycles. The van der Waals surface area contributed by atoms with E-state index in [0.29, 0.717) is 19.3 Å². The third-order valence-electron chi connectivity index (χ3n) is 7.23. The number of carboxylic acid groups (broad SMARTS) is 1. The Morgan fingerprint density at radius 3 is 2.20 bits per heavy atom. The van der Waals surface area contributed by atoms with Gasteiger partial charge >= 0.3 is 12.1 Å². The number of amides is 2. The highest BCUT2D eigenvalue weighted by atomic mass is 16.5. The molecule has 0 radical (unpaired) electrons. The number of ether oxygens (including phenoxy) is 2. The van der Waals surface area contributed by atoms with Crippen LogP contribution in [-0.2, 0) is 19.1 Å². The number of nitrogens with one attached hydrogen (secondary N) is 2. The third-order valence-corrected chi connectivity index (χ3v) is 7.23. The van der Waals surface area contributed by atoms with Crippen LogP contribution >= 0.6 is 0 Å². The molecule has 2 aliphatic rings. The molecule has 0 spiro atoms. The van der Waals surface area contributed by atoms with Gasteiger partial charge in [0.1, 0.15) is 12.1 Å². The van der Waals surface area contributed by atoms with Gasteiger partial charge in [0, 0.05) is 19.1 Å². The Morgan fingerprint density at radius 1 is 1.03 bits per heavy atom. The van der Waals surface area contributed by atoms with Gasteiger partial charge in [-0.3, -0.25) is 9.59 Å². The Bertz CT molecular complexity index is 1060. The van der Waals surface area contributed by atoms with Crippen LogP contribution < -0.4 is 10.6 Å². The number of hydrogen-bond donors (Lipinski definition) is 3. The summed E-state index contributed by atoms with van der Waals surface area (Å²) in [4.78, 5) is 37.4. The lowest BCUT2D eigenvalue weighted by molar-refractivity contribution is -0.141. The van der Waals surface area contributed by atoms with Crippen molar-refractivity contribution in [1.82, 2.24) is 10.6 Å². The Morgan fingerprint density at radius 2 is 1.66 bits per heavy atom. The van der Waals surface area contributed by atoms with Gasteiger partial charge in [0.05, 0.1) is 12.5 Å². The highest BCUT2D eigenvalue weighted by Gasteiger charge is 2.42. The number of benzene rings is 2. The summed E-state index contributed by atoms with van der Waals surface area (Å²) in [6, 6.07) is 15.9. The Balaban J connectivity index is 1.43. The molecule has 0 bridgehead atoms. The largest absolute Gasteiger partial charge is 0.481 e. The Kier molecular flexibility index (Phi) is 7.40. The quantitative estimate of drug-likeness (QED) is 0.504. The van der Waals surface area contributed by atoms with Gasteiger partial charge < -0.3 is 25.2 Å². The molecule has 2 aromatic rings. The predicted octanol–water partition coefficient (Wildman–Crippen LogP) is 3.69. The van der Waals surface area contributed by atoms with Crippen molar-refractivity contribution in [3.8, 4) is 11.1 Å². The van der Waals surface area contributed by atoms with Crippen LogP contribution in [0.2, 0.25) is 0 Å². The first-order valence-corrected chi connectivity index (χ1v) is 12.0. The minimum absolute atomic E-state index is 0.0331. The molecule has 8 nitrogen and oxygen atoms in total. The van der Waals surface area contributed by atoms with Crippen LogP contribution in [0.3, 0.4) is 0 Å². The molecule has 0 aliphatic heterocycles. The Hall–Kier alpha value is -3.39. The summed E-state index contributed by atoms with van der Waals surface area (Å²) in [7, 11) is 1.47. The van der Waals surface area contributed by atoms with Crippen LogP contribution in [0.25, 0.3) is 11.1 Å². The van der Waals surface area contributed by atoms with Crippen LogP contribution in [0.4, 0.5) is 4.79 Å². The van der Waals surface area contributed by atoms with E-state index in [4.69, 9.17) is 9.47 Å². The van der Waals surface area contributed by atoms with Gasteiger partial charge in [0.25, 0.3) is 0 Å². The third kappa shape index (κ3) is 5.03. The first kappa shape index (κ1) is 24.7. The second kappa shape index (κ2) is 10.5. The van der Waals surface area contributed by atoms with Gasteiger partial charge in [-0.25, -0.2) is 4.79 Å². The van der Waals surface area contributed by atoms with E-state index in [2.05, 4.69) is 22.8 Å². The number of methoxy groups -OCH3 is 1. The lowest BCUT2D eigenvalue weighted by Crippen LogP contribution is -2.62. The lowest BCUT2D eigenvalue weighted by atomic mass is 9.95. The normalized spacial score (nSPS) is 20.4. The highest BCUT2D eigenvalue weighted by Crippen LogP contribution is 2.44. The number of carbonyl (C=O) groups is 3. The molecule has 3 N–H and O–H groups in total. The average Bonchev–Trinajstić information content (AvgIpc) is 3.45. The van der Waals surface area contributed by atoms with E-state index < -0.39 is 29.4 Å². The second-order valence-electron chi connectivity index (χ2n) is 9.34. The summed E-state index contributed by atoms with van der Waals surface area (Å²) < 4.78 is 10.9. The van der Waals surface area contributed by atoms with Crippen LogP contribution in [0.1, 0.15) is 49.7 Å². The summed E-state index contributed by atoms with van der Waals surface area (Å²) in [5.41, 5.74) is 3.16. The second-order valence-corrected chi connectivity index (χ2v) is 9.34. The zero-order chi connectivity index (χ0) is 25.0. The average molecular weight is 481 g/mol. The van der Waals surface area contributed by atoms with Crippen LogP contribution in [0, 0.1) is 5.92 Å². The van der Waals surface area contributed by atoms with E-state index in [0.717, 1.165) is 22.3 Å². The standard InChI is InChI=1S/C27H32N2O6/c1-3-27(16-34-2,25(32)28-18-13-12-17(14-18)24(30)31)29-26(33)35-15-23-21-10-6-4-8-19(21)20-9-5-7-11-22(20)23/h4-11,17-18,23H,3,12-16H2,1-2H3,(H,28,32)(H,29,33)(H,30,31). The first-order valence-electron chi connectivity index (χ1n) is 12.0. The van der Waals surface area contributed by atoms with Gasteiger partial charge in [-0.1, -0.05) is 55.5 Å². The fourth-order valence-corrected chi connectivity index (χ4v) is 5.25. The van der Waals surface area contributed by atoms with E-state index >= 15 is 0 Å². The van der Waals surface area contributed by atoms with Crippen molar-refractivity contribution in [1.29, 1.82) is 0 Å². The molecular formula is C27H32N2O6. The zero-order valence-electron chi connectivity index (χ0n) is 20.1. The van der Waals surface area contributed by atoms with Crippen molar-refractivity contribution in [3.63, 3.8) is 0 Å². The number of carbonyl (C=O) groups excluding carboxylic acids is 2. The smallest absolute Gasteiger partial charge is 0.408 e. The molecule has 186 valence electrons. The molecule has 1 saturated carbocycles. The monoisotopic (exact) mass is 480 g/mol. The number of alkyl carbamates (subject to hydrolysis) is 1. The van der Waals surface area contributed by atoms with Gasteiger partial charge in [0.2, 0.25) is 5.91 Å². The lowest BCUT2D eigenvalue weighted by Gasteiger charge is -2.32. The molecule has 1 fully saturated rings. The minimum Gasteiger partial charge on any atom is -0.481 e. The number of carboxylic acids is 1. The van der Waals surface area contributed by atoms with Crippen molar-refractivity contribution in [2.24, 2.45) is 5.92 Å². The number of aliphatic carboxylic acids is 1. The number of rotatable bonds is 9. The summed E-state index contributed by atoms with van der Waals surface area (Å²) in [6.07, 6.45) is 1.06. The molecule has 2 aliphatic carbocycles. The minimum atomic E-state index is -1.32. The summed E-state index contributed by atoms with van der Waals surface area (Å²) in [6.45, 7) is 1.89. The molecule has 4 rings (SSSR count). The van der Waals surface area contributed by atoms with E-state index in [-0.39, 0.29) is 31.6 Å². The van der Waals surface area contributed by atoms with Crippen LogP contribution in [0.15, 0.2) is 48.5 Å². The molecule has 2 aromatic carbocycles. The SMILES string of the molecule is CCC(COC)(NC(=O)OCC1c2ccccc2-c2ccccc21)C(=O)NC1CCC(C(=O)O)C1. The molecular weight excluding hydrogens is 448 g/mol. The van der Waals surface area contributed by atoms with Gasteiger partial charge in [-0.05, 0) is 47.9 Å². The fraction of sp³-hybridized carbons (Fsp3) is 0.444. The van der Waals surface area contributed by atoms with Gasteiger partial charge in [-0.15, -0.1) is 0 Å². The first-order chi connectivity index (χ1) is 16.9. The maximum absolute atomic E-state index is 13.2. The van der Waals surface area contributed by atoms with E-state index in [1.165, 1.54) is 7.11 Å². The molecule has 35 heavy (non-hydrogen) atoms. The summed E-state index contributed by atoms with van der Waals surface area (Å²) in [5, 5.41) is 14.9. The van der Waals surface area contributed by atoms with Crippen molar-refractivity contribution in [3.05, 3.63) is 59.7 Å². The van der Waals surface area contributed by atoms with Crippen molar-refractivity contribution in [2.75, 3.05) is 20.3 Å². The van der Waals surface area contributed by atoms with Gasteiger partial charge in [0.15, 0.2) is 0 Å².